The second-order valence-corrected chi connectivity index (χ2v) is 6.20. The predicted molar refractivity (Wildman–Crippen MR) is 96.3 cm³/mol. The summed E-state index contributed by atoms with van der Waals surface area (Å²) in [5, 5.41) is 3.33. The van der Waals surface area contributed by atoms with Gasteiger partial charge in [-0.3, -0.25) is 14.6 Å². The quantitative estimate of drug-likeness (QED) is 0.846. The Kier molecular flexibility index (Phi) is 5.28. The number of carbonyl (C=O) groups excluding carboxylic acids is 2. The molecular formula is C19H22N4O2. The SMILES string of the molecule is Cc1ccc(CNc2ccnc(C(=O)N3CCN(C=O)CC3)c2)cc1. The molecule has 0 atom stereocenters. The zero-order valence-electron chi connectivity index (χ0n) is 14.3. The van der Waals surface area contributed by atoms with E-state index in [4.69, 9.17) is 0 Å². The Labute approximate surface area is 147 Å². The smallest absolute Gasteiger partial charge is 0.272 e. The maximum Gasteiger partial charge on any atom is 0.272 e. The minimum Gasteiger partial charge on any atom is -0.381 e. The number of rotatable bonds is 5. The molecule has 1 aliphatic heterocycles. The van der Waals surface area contributed by atoms with Crippen molar-refractivity contribution in [1.82, 2.24) is 14.8 Å². The Morgan fingerprint density at radius 2 is 1.88 bits per heavy atom. The standard InChI is InChI=1S/C19H22N4O2/c1-15-2-4-16(5-3-15)13-21-17-6-7-20-18(12-17)19(25)23-10-8-22(14-24)9-11-23/h2-7,12,14H,8-11,13H2,1H3,(H,20,21). The van der Waals surface area contributed by atoms with Crippen molar-refractivity contribution in [3.63, 3.8) is 0 Å². The third-order valence-electron chi connectivity index (χ3n) is 4.35. The average Bonchev–Trinajstić information content (AvgIpc) is 2.67. The topological polar surface area (TPSA) is 65.5 Å². The van der Waals surface area contributed by atoms with Gasteiger partial charge < -0.3 is 15.1 Å². The van der Waals surface area contributed by atoms with E-state index in [2.05, 4.69) is 41.5 Å². The number of amides is 2. The Morgan fingerprint density at radius 3 is 2.56 bits per heavy atom. The molecule has 0 aliphatic carbocycles. The molecule has 3 rings (SSSR count). The molecule has 0 saturated carbocycles. The van der Waals surface area contributed by atoms with Crippen molar-refractivity contribution in [3.8, 4) is 0 Å². The van der Waals surface area contributed by atoms with Gasteiger partial charge >= 0.3 is 0 Å². The third-order valence-corrected chi connectivity index (χ3v) is 4.35. The summed E-state index contributed by atoms with van der Waals surface area (Å²) in [7, 11) is 0. The van der Waals surface area contributed by atoms with E-state index in [9.17, 15) is 9.59 Å². The van der Waals surface area contributed by atoms with Gasteiger partial charge in [0.15, 0.2) is 0 Å². The van der Waals surface area contributed by atoms with E-state index in [1.54, 1.807) is 22.1 Å². The van der Waals surface area contributed by atoms with Crippen LogP contribution in [0.1, 0.15) is 21.6 Å². The molecule has 2 aromatic rings. The lowest BCUT2D eigenvalue weighted by Crippen LogP contribution is -2.48. The van der Waals surface area contributed by atoms with E-state index >= 15 is 0 Å². The summed E-state index contributed by atoms with van der Waals surface area (Å²) in [6.45, 7) is 4.98. The molecule has 2 amide bonds. The van der Waals surface area contributed by atoms with Gasteiger partial charge in [-0.25, -0.2) is 0 Å². The van der Waals surface area contributed by atoms with Gasteiger partial charge in [-0.15, -0.1) is 0 Å². The van der Waals surface area contributed by atoms with Crippen LogP contribution >= 0.6 is 0 Å². The molecule has 1 aliphatic rings. The van der Waals surface area contributed by atoms with Crippen LogP contribution in [0.25, 0.3) is 0 Å². The van der Waals surface area contributed by atoms with Crippen molar-refractivity contribution in [2.75, 3.05) is 31.5 Å². The van der Waals surface area contributed by atoms with Crippen molar-refractivity contribution >= 4 is 18.0 Å². The summed E-state index contributed by atoms with van der Waals surface area (Å²) in [6, 6.07) is 12.0. The molecular weight excluding hydrogens is 316 g/mol. The van der Waals surface area contributed by atoms with Gasteiger partial charge in [-0.1, -0.05) is 29.8 Å². The maximum atomic E-state index is 12.6. The van der Waals surface area contributed by atoms with Crippen LogP contribution in [0.15, 0.2) is 42.6 Å². The van der Waals surface area contributed by atoms with Crippen LogP contribution in [0.4, 0.5) is 5.69 Å². The van der Waals surface area contributed by atoms with E-state index in [0.29, 0.717) is 38.4 Å². The van der Waals surface area contributed by atoms with E-state index in [0.717, 1.165) is 12.1 Å². The third kappa shape index (κ3) is 4.35. The van der Waals surface area contributed by atoms with Crippen LogP contribution in [0.2, 0.25) is 0 Å². The van der Waals surface area contributed by atoms with Crippen LogP contribution in [0.3, 0.4) is 0 Å². The number of anilines is 1. The first kappa shape index (κ1) is 17.0. The van der Waals surface area contributed by atoms with Crippen molar-refractivity contribution in [2.24, 2.45) is 0 Å². The summed E-state index contributed by atoms with van der Waals surface area (Å²) < 4.78 is 0. The number of benzene rings is 1. The lowest BCUT2D eigenvalue weighted by molar-refractivity contribution is -0.119. The number of aromatic nitrogens is 1. The fourth-order valence-electron chi connectivity index (χ4n) is 2.76. The second kappa shape index (κ2) is 7.79. The van der Waals surface area contributed by atoms with E-state index < -0.39 is 0 Å². The molecule has 6 nitrogen and oxygen atoms in total. The lowest BCUT2D eigenvalue weighted by Gasteiger charge is -2.32. The highest BCUT2D eigenvalue weighted by Crippen LogP contribution is 2.13. The van der Waals surface area contributed by atoms with E-state index in [1.807, 2.05) is 6.07 Å². The molecule has 25 heavy (non-hydrogen) atoms. The minimum atomic E-state index is -0.0930. The van der Waals surface area contributed by atoms with Crippen LogP contribution in [0, 0.1) is 6.92 Å². The van der Waals surface area contributed by atoms with Crippen LogP contribution < -0.4 is 5.32 Å². The second-order valence-electron chi connectivity index (χ2n) is 6.20. The van der Waals surface area contributed by atoms with Gasteiger partial charge in [-0.2, -0.15) is 0 Å². The first-order valence-corrected chi connectivity index (χ1v) is 8.40. The monoisotopic (exact) mass is 338 g/mol. The molecule has 1 fully saturated rings. The minimum absolute atomic E-state index is 0.0930. The number of nitrogens with zero attached hydrogens (tertiary/aromatic N) is 3. The van der Waals surface area contributed by atoms with Gasteiger partial charge in [0, 0.05) is 44.6 Å². The molecule has 2 heterocycles. The largest absolute Gasteiger partial charge is 0.381 e. The molecule has 1 N–H and O–H groups in total. The van der Waals surface area contributed by atoms with Crippen molar-refractivity contribution in [3.05, 3.63) is 59.4 Å². The number of hydrogen-bond acceptors (Lipinski definition) is 4. The first-order valence-electron chi connectivity index (χ1n) is 8.40. The predicted octanol–water partition coefficient (Wildman–Crippen LogP) is 1.92. The number of carbonyl (C=O) groups is 2. The summed E-state index contributed by atoms with van der Waals surface area (Å²) in [5.74, 6) is -0.0930. The molecule has 0 radical (unpaired) electrons. The number of aryl methyl sites for hydroxylation is 1. The highest BCUT2D eigenvalue weighted by molar-refractivity contribution is 5.93. The maximum absolute atomic E-state index is 12.6. The summed E-state index contributed by atoms with van der Waals surface area (Å²) in [5.41, 5.74) is 3.70. The van der Waals surface area contributed by atoms with Gasteiger partial charge in [0.2, 0.25) is 6.41 Å². The fraction of sp³-hybridized carbons (Fsp3) is 0.316. The average molecular weight is 338 g/mol. The van der Waals surface area contributed by atoms with Gasteiger partial charge in [0.1, 0.15) is 5.69 Å². The van der Waals surface area contributed by atoms with Crippen molar-refractivity contribution < 1.29 is 9.59 Å². The van der Waals surface area contributed by atoms with Gasteiger partial charge in [-0.05, 0) is 24.6 Å². The van der Waals surface area contributed by atoms with Crippen LogP contribution in [-0.4, -0.2) is 53.3 Å². The zero-order valence-corrected chi connectivity index (χ0v) is 14.3. The summed E-state index contributed by atoms with van der Waals surface area (Å²) in [4.78, 5) is 31.0. The lowest BCUT2D eigenvalue weighted by atomic mass is 10.1. The fourth-order valence-corrected chi connectivity index (χ4v) is 2.76. The Morgan fingerprint density at radius 1 is 1.16 bits per heavy atom. The number of pyridine rings is 1. The molecule has 0 unspecified atom stereocenters. The Bertz CT molecular complexity index is 737. The molecule has 6 heteroatoms. The molecule has 0 spiro atoms. The molecule has 1 aromatic carbocycles. The van der Waals surface area contributed by atoms with Crippen LogP contribution in [0.5, 0.6) is 0 Å². The number of hydrogen-bond donors (Lipinski definition) is 1. The van der Waals surface area contributed by atoms with E-state index in [-0.39, 0.29) is 5.91 Å². The van der Waals surface area contributed by atoms with Crippen molar-refractivity contribution in [2.45, 2.75) is 13.5 Å². The zero-order chi connectivity index (χ0) is 17.6. The molecule has 1 aromatic heterocycles. The number of piperazine rings is 1. The van der Waals surface area contributed by atoms with Gasteiger partial charge in [0.05, 0.1) is 0 Å². The normalized spacial score (nSPS) is 14.3. The Hall–Kier alpha value is -2.89. The Balaban J connectivity index is 1.61. The summed E-state index contributed by atoms with van der Waals surface area (Å²) >= 11 is 0. The van der Waals surface area contributed by atoms with E-state index in [1.165, 1.54) is 11.1 Å². The van der Waals surface area contributed by atoms with Gasteiger partial charge in [0.25, 0.3) is 5.91 Å². The highest BCUT2D eigenvalue weighted by Gasteiger charge is 2.22. The molecule has 130 valence electrons. The van der Waals surface area contributed by atoms with Crippen molar-refractivity contribution in [1.29, 1.82) is 0 Å². The number of nitrogens with one attached hydrogen (secondary N) is 1. The molecule has 1 saturated heterocycles. The van der Waals surface area contributed by atoms with Crippen LogP contribution in [-0.2, 0) is 11.3 Å². The first-order chi connectivity index (χ1) is 12.2. The summed E-state index contributed by atoms with van der Waals surface area (Å²) in [6.07, 6.45) is 2.47. The molecule has 0 bridgehead atoms. The highest BCUT2D eigenvalue weighted by atomic mass is 16.2.